The lowest BCUT2D eigenvalue weighted by molar-refractivity contribution is 0.0631. The number of benzene rings is 2. The van der Waals surface area contributed by atoms with Crippen LogP contribution in [0.3, 0.4) is 0 Å². The average Bonchev–Trinajstić information content (AvgIpc) is 3.48. The van der Waals surface area contributed by atoms with Crippen LogP contribution in [0, 0.1) is 0 Å². The molecule has 0 radical (unpaired) electrons. The number of amides is 3. The second kappa shape index (κ2) is 9.88. The van der Waals surface area contributed by atoms with Crippen LogP contribution in [0.4, 0.5) is 5.69 Å². The zero-order valence-electron chi connectivity index (χ0n) is 19.8. The molecule has 3 amide bonds. The van der Waals surface area contributed by atoms with Crippen molar-refractivity contribution >= 4 is 23.4 Å². The quantitative estimate of drug-likeness (QED) is 0.485. The number of nitrogens with one attached hydrogen (secondary N) is 1. The molecule has 0 bridgehead atoms. The Morgan fingerprint density at radius 2 is 1.77 bits per heavy atom. The van der Waals surface area contributed by atoms with Crippen molar-refractivity contribution in [2.24, 2.45) is 0 Å². The van der Waals surface area contributed by atoms with Gasteiger partial charge in [0.05, 0.1) is 23.9 Å². The normalized spacial score (nSPS) is 16.1. The maximum absolute atomic E-state index is 13.1. The predicted molar refractivity (Wildman–Crippen MR) is 132 cm³/mol. The van der Waals surface area contributed by atoms with E-state index in [0.717, 1.165) is 22.7 Å². The van der Waals surface area contributed by atoms with Crippen molar-refractivity contribution in [3.8, 4) is 0 Å². The van der Waals surface area contributed by atoms with E-state index in [1.807, 2.05) is 24.3 Å². The molecule has 1 N–H and O–H groups in total. The zero-order chi connectivity index (χ0) is 24.4. The van der Waals surface area contributed by atoms with Crippen molar-refractivity contribution in [1.82, 2.24) is 9.80 Å². The Balaban J connectivity index is 1.31. The van der Waals surface area contributed by atoms with Crippen LogP contribution in [0.25, 0.3) is 0 Å². The molecule has 3 aromatic rings. The van der Waals surface area contributed by atoms with Crippen LogP contribution in [-0.2, 0) is 13.1 Å². The zero-order valence-corrected chi connectivity index (χ0v) is 19.8. The van der Waals surface area contributed by atoms with Crippen molar-refractivity contribution in [2.75, 3.05) is 12.4 Å². The third-order valence-electron chi connectivity index (χ3n) is 7.01. The topological polar surface area (TPSA) is 82.9 Å². The number of carbonyl (C=O) groups excluding carboxylic acids is 3. The summed E-state index contributed by atoms with van der Waals surface area (Å²) in [5.41, 5.74) is 2.67. The molecule has 1 aliphatic heterocycles. The third-order valence-corrected chi connectivity index (χ3v) is 7.01. The molecule has 1 saturated carbocycles. The molecular formula is C28H29N3O4. The molecule has 1 aliphatic carbocycles. The van der Waals surface area contributed by atoms with Gasteiger partial charge in [-0.1, -0.05) is 37.5 Å². The van der Waals surface area contributed by atoms with Crippen molar-refractivity contribution < 1.29 is 18.8 Å². The van der Waals surface area contributed by atoms with E-state index in [0.29, 0.717) is 22.9 Å². The van der Waals surface area contributed by atoms with E-state index in [1.54, 1.807) is 24.3 Å². The van der Waals surface area contributed by atoms with E-state index in [1.165, 1.54) is 44.4 Å². The average molecular weight is 472 g/mol. The van der Waals surface area contributed by atoms with E-state index in [4.69, 9.17) is 4.42 Å². The number of nitrogens with zero attached hydrogens (tertiary/aromatic N) is 2. The molecule has 35 heavy (non-hydrogen) atoms. The van der Waals surface area contributed by atoms with E-state index in [-0.39, 0.29) is 23.9 Å². The Bertz CT molecular complexity index is 1240. The molecule has 0 spiro atoms. The number of rotatable bonds is 7. The molecule has 0 unspecified atom stereocenters. The summed E-state index contributed by atoms with van der Waals surface area (Å²) in [4.78, 5) is 42.3. The standard InChI is InChI=1S/C28H29N3O4/c1-30(21-9-3-2-4-10-21)17-20-8-5-6-12-25(20)29-26(32)19-13-14-23-24(16-19)28(34)31(27(23)33)18-22-11-7-15-35-22/h5-8,11-16,21H,2-4,9-10,17-18H2,1H3,(H,29,32). The van der Waals surface area contributed by atoms with Crippen LogP contribution >= 0.6 is 0 Å². The highest BCUT2D eigenvalue weighted by molar-refractivity contribution is 6.22. The largest absolute Gasteiger partial charge is 0.467 e. The van der Waals surface area contributed by atoms with Gasteiger partial charge in [-0.05, 0) is 61.9 Å². The molecule has 2 aliphatic rings. The lowest BCUT2D eigenvalue weighted by Gasteiger charge is -2.31. The fraction of sp³-hybridized carbons (Fsp3) is 0.321. The molecule has 2 aromatic carbocycles. The summed E-state index contributed by atoms with van der Waals surface area (Å²) in [5, 5.41) is 3.01. The van der Waals surface area contributed by atoms with Gasteiger partial charge < -0.3 is 9.73 Å². The Morgan fingerprint density at radius 1 is 1.00 bits per heavy atom. The summed E-state index contributed by atoms with van der Waals surface area (Å²) in [6, 6.07) is 16.4. The summed E-state index contributed by atoms with van der Waals surface area (Å²) in [5.74, 6) is -0.604. The van der Waals surface area contributed by atoms with E-state index < -0.39 is 5.91 Å². The van der Waals surface area contributed by atoms with Crippen molar-refractivity contribution in [2.45, 2.75) is 51.2 Å². The van der Waals surface area contributed by atoms with Crippen LogP contribution in [0.2, 0.25) is 0 Å². The SMILES string of the molecule is CN(Cc1ccccc1NC(=O)c1ccc2c(c1)C(=O)N(Cc1ccco1)C2=O)C1CCCCC1. The number of anilines is 1. The molecule has 1 fully saturated rings. The summed E-state index contributed by atoms with van der Waals surface area (Å²) in [7, 11) is 2.15. The minimum absolute atomic E-state index is 0.0583. The molecule has 7 heteroatoms. The minimum Gasteiger partial charge on any atom is -0.467 e. The van der Waals surface area contributed by atoms with Crippen molar-refractivity contribution in [3.63, 3.8) is 0 Å². The lowest BCUT2D eigenvalue weighted by Crippen LogP contribution is -2.33. The van der Waals surface area contributed by atoms with Crippen molar-refractivity contribution in [1.29, 1.82) is 0 Å². The highest BCUT2D eigenvalue weighted by Gasteiger charge is 2.36. The van der Waals surface area contributed by atoms with E-state index in [9.17, 15) is 14.4 Å². The maximum atomic E-state index is 13.1. The Hall–Kier alpha value is -3.71. The first kappa shape index (κ1) is 23.1. The summed E-state index contributed by atoms with van der Waals surface area (Å²) in [6.45, 7) is 0.808. The number of para-hydroxylation sites is 1. The number of hydrogen-bond acceptors (Lipinski definition) is 5. The molecular weight excluding hydrogens is 442 g/mol. The van der Waals surface area contributed by atoms with Crippen molar-refractivity contribution in [3.05, 3.63) is 88.9 Å². The second-order valence-electron chi connectivity index (χ2n) is 9.35. The minimum atomic E-state index is -0.425. The first-order valence-electron chi connectivity index (χ1n) is 12.1. The number of carbonyl (C=O) groups is 3. The van der Waals surface area contributed by atoms with Crippen LogP contribution in [0.15, 0.2) is 65.3 Å². The highest BCUT2D eigenvalue weighted by atomic mass is 16.3. The molecule has 2 heterocycles. The van der Waals surface area contributed by atoms with Gasteiger partial charge in [0.15, 0.2) is 0 Å². The highest BCUT2D eigenvalue weighted by Crippen LogP contribution is 2.28. The predicted octanol–water partition coefficient (Wildman–Crippen LogP) is 5.09. The van der Waals surface area contributed by atoms with Gasteiger partial charge >= 0.3 is 0 Å². The van der Waals surface area contributed by atoms with Crippen LogP contribution in [-0.4, -0.2) is 40.6 Å². The Kier molecular flexibility index (Phi) is 6.51. The van der Waals surface area contributed by atoms with Gasteiger partial charge in [-0.2, -0.15) is 0 Å². The molecule has 0 atom stereocenters. The van der Waals surface area contributed by atoms with Gasteiger partial charge in [0.1, 0.15) is 5.76 Å². The molecule has 0 saturated heterocycles. The van der Waals surface area contributed by atoms with Gasteiger partial charge in [0.25, 0.3) is 17.7 Å². The molecule has 180 valence electrons. The fourth-order valence-electron chi connectivity index (χ4n) is 5.03. The van der Waals surface area contributed by atoms with E-state index in [2.05, 4.69) is 17.3 Å². The smallest absolute Gasteiger partial charge is 0.261 e. The fourth-order valence-corrected chi connectivity index (χ4v) is 5.03. The number of fused-ring (bicyclic) bond motifs is 1. The molecule has 1 aromatic heterocycles. The van der Waals surface area contributed by atoms with Gasteiger partial charge in [-0.15, -0.1) is 0 Å². The number of furan rings is 1. The summed E-state index contributed by atoms with van der Waals surface area (Å²) >= 11 is 0. The Labute approximate surface area is 204 Å². The first-order valence-corrected chi connectivity index (χ1v) is 12.1. The third kappa shape index (κ3) is 4.77. The Morgan fingerprint density at radius 3 is 2.54 bits per heavy atom. The second-order valence-corrected chi connectivity index (χ2v) is 9.35. The monoisotopic (exact) mass is 471 g/mol. The molecule has 7 nitrogen and oxygen atoms in total. The van der Waals surface area contributed by atoms with Gasteiger partial charge in [0, 0.05) is 23.8 Å². The van der Waals surface area contributed by atoms with Gasteiger partial charge in [0.2, 0.25) is 0 Å². The van der Waals surface area contributed by atoms with Crippen LogP contribution in [0.1, 0.15) is 74.5 Å². The van der Waals surface area contributed by atoms with Crippen LogP contribution < -0.4 is 5.32 Å². The number of imide groups is 1. The van der Waals surface area contributed by atoms with Crippen LogP contribution in [0.5, 0.6) is 0 Å². The molecule has 5 rings (SSSR count). The first-order chi connectivity index (χ1) is 17.0. The summed E-state index contributed by atoms with van der Waals surface area (Å²) in [6.07, 6.45) is 7.78. The van der Waals surface area contributed by atoms with Gasteiger partial charge in [-0.25, -0.2) is 0 Å². The lowest BCUT2D eigenvalue weighted by atomic mass is 9.94. The maximum Gasteiger partial charge on any atom is 0.261 e. The number of hydrogen-bond donors (Lipinski definition) is 1. The summed E-state index contributed by atoms with van der Waals surface area (Å²) < 4.78 is 5.28. The van der Waals surface area contributed by atoms with E-state index >= 15 is 0 Å². The van der Waals surface area contributed by atoms with Gasteiger partial charge in [-0.3, -0.25) is 24.2 Å².